The topological polar surface area (TPSA) is 64.9 Å². The Bertz CT molecular complexity index is 879. The molecule has 0 saturated carbocycles. The summed E-state index contributed by atoms with van der Waals surface area (Å²) in [5.74, 6) is 0.391. The van der Waals surface area contributed by atoms with E-state index in [2.05, 4.69) is 23.6 Å². The number of benzene rings is 1. The Morgan fingerprint density at radius 3 is 2.88 bits per heavy atom. The number of thiocarbonyl (C=S) groups is 1. The first-order valence-electron chi connectivity index (χ1n) is 8.22. The molecule has 25 heavy (non-hydrogen) atoms. The van der Waals surface area contributed by atoms with Crippen molar-refractivity contribution < 1.29 is 4.79 Å². The third-order valence-electron chi connectivity index (χ3n) is 4.47. The van der Waals surface area contributed by atoms with E-state index in [1.54, 1.807) is 17.4 Å². The van der Waals surface area contributed by atoms with Crippen LogP contribution < -0.4 is 10.6 Å². The molecule has 2 aromatic rings. The zero-order valence-electron chi connectivity index (χ0n) is 14.2. The molecule has 0 radical (unpaired) electrons. The molecule has 0 unspecified atom stereocenters. The summed E-state index contributed by atoms with van der Waals surface area (Å²) in [5, 5.41) is 16.2. The second-order valence-corrected chi connectivity index (χ2v) is 7.90. The molecule has 0 bridgehead atoms. The standard InChI is InChI=1S/C19H19N3OS2/c1-11-7-8-14-15(10-20)18(25-16(14)9-11)22-19(24)21-17(23)13-6-4-3-5-12(13)2/h3-6,11H,7-9H2,1-2H3,(H2,21,22,23,24)/t11-/m0/s1. The molecule has 1 aromatic carbocycles. The predicted molar refractivity (Wildman–Crippen MR) is 105 cm³/mol. The molecule has 128 valence electrons. The first-order chi connectivity index (χ1) is 12.0. The number of carbonyl (C=O) groups excluding carboxylic acids is 1. The highest BCUT2D eigenvalue weighted by molar-refractivity contribution is 7.80. The van der Waals surface area contributed by atoms with Crippen LogP contribution in [0.2, 0.25) is 0 Å². The number of hydrogen-bond donors (Lipinski definition) is 2. The van der Waals surface area contributed by atoms with Crippen LogP contribution in [0.1, 0.15) is 45.3 Å². The van der Waals surface area contributed by atoms with E-state index in [0.29, 0.717) is 17.0 Å². The number of thiophene rings is 1. The number of nitrogens with one attached hydrogen (secondary N) is 2. The van der Waals surface area contributed by atoms with Gasteiger partial charge in [0.1, 0.15) is 11.1 Å². The Kier molecular flexibility index (Phi) is 5.16. The third-order valence-corrected chi connectivity index (χ3v) is 5.84. The molecule has 1 aliphatic rings. The van der Waals surface area contributed by atoms with Gasteiger partial charge >= 0.3 is 0 Å². The Balaban J connectivity index is 1.75. The quantitative estimate of drug-likeness (QED) is 0.780. The fourth-order valence-corrected chi connectivity index (χ4v) is 4.71. The Hall–Kier alpha value is -2.23. The summed E-state index contributed by atoms with van der Waals surface area (Å²) < 4.78 is 0. The molecular formula is C19H19N3OS2. The van der Waals surface area contributed by atoms with Crippen molar-refractivity contribution in [3.05, 3.63) is 51.4 Å². The van der Waals surface area contributed by atoms with Crippen molar-refractivity contribution in [1.29, 1.82) is 5.26 Å². The normalized spacial score (nSPS) is 15.8. The lowest BCUT2D eigenvalue weighted by Crippen LogP contribution is -2.34. The molecule has 1 amide bonds. The summed E-state index contributed by atoms with van der Waals surface area (Å²) >= 11 is 6.85. The molecule has 0 spiro atoms. The van der Waals surface area contributed by atoms with Crippen LogP contribution in [0, 0.1) is 24.2 Å². The molecule has 2 N–H and O–H groups in total. The number of anilines is 1. The van der Waals surface area contributed by atoms with Gasteiger partial charge in [-0.2, -0.15) is 5.26 Å². The monoisotopic (exact) mass is 369 g/mol. The maximum absolute atomic E-state index is 12.4. The molecule has 0 fully saturated rings. The van der Waals surface area contributed by atoms with Crippen molar-refractivity contribution in [1.82, 2.24) is 5.32 Å². The second-order valence-electron chi connectivity index (χ2n) is 6.39. The molecule has 1 aliphatic carbocycles. The van der Waals surface area contributed by atoms with Gasteiger partial charge in [-0.15, -0.1) is 11.3 Å². The number of carbonyl (C=O) groups is 1. The molecule has 0 saturated heterocycles. The molecule has 4 nitrogen and oxygen atoms in total. The van der Waals surface area contributed by atoms with Crippen LogP contribution in [0.4, 0.5) is 5.00 Å². The van der Waals surface area contributed by atoms with Gasteiger partial charge in [0.25, 0.3) is 5.91 Å². The lowest BCUT2D eigenvalue weighted by Gasteiger charge is -2.17. The number of nitriles is 1. The van der Waals surface area contributed by atoms with E-state index in [1.807, 2.05) is 25.1 Å². The fourth-order valence-electron chi connectivity index (χ4n) is 3.09. The number of nitrogens with zero attached hydrogens (tertiary/aromatic N) is 1. The summed E-state index contributed by atoms with van der Waals surface area (Å²) in [6, 6.07) is 9.65. The molecule has 0 aliphatic heterocycles. The van der Waals surface area contributed by atoms with Gasteiger partial charge in [0.05, 0.1) is 5.56 Å². The van der Waals surface area contributed by atoms with E-state index in [1.165, 1.54) is 4.88 Å². The summed E-state index contributed by atoms with van der Waals surface area (Å²) in [6.07, 6.45) is 3.03. The summed E-state index contributed by atoms with van der Waals surface area (Å²) in [7, 11) is 0. The zero-order valence-corrected chi connectivity index (χ0v) is 15.8. The van der Waals surface area contributed by atoms with Crippen LogP contribution >= 0.6 is 23.6 Å². The van der Waals surface area contributed by atoms with E-state index in [9.17, 15) is 10.1 Å². The second kappa shape index (κ2) is 7.34. The van der Waals surface area contributed by atoms with Crippen molar-refractivity contribution >= 4 is 39.6 Å². The highest BCUT2D eigenvalue weighted by Gasteiger charge is 2.24. The Morgan fingerprint density at radius 1 is 1.40 bits per heavy atom. The molecule has 1 heterocycles. The smallest absolute Gasteiger partial charge is 0.257 e. The van der Waals surface area contributed by atoms with Gasteiger partial charge < -0.3 is 5.32 Å². The minimum atomic E-state index is -0.246. The third kappa shape index (κ3) is 3.73. The number of fused-ring (bicyclic) bond motifs is 1. The van der Waals surface area contributed by atoms with E-state index < -0.39 is 0 Å². The van der Waals surface area contributed by atoms with Gasteiger partial charge in [0.2, 0.25) is 0 Å². The number of rotatable bonds is 2. The van der Waals surface area contributed by atoms with Crippen molar-refractivity contribution in [2.24, 2.45) is 5.92 Å². The van der Waals surface area contributed by atoms with Crippen LogP contribution in [0.25, 0.3) is 0 Å². The number of aryl methyl sites for hydroxylation is 1. The SMILES string of the molecule is Cc1ccccc1C(=O)NC(=S)Nc1sc2c(c1C#N)CC[C@H](C)C2. The van der Waals surface area contributed by atoms with E-state index in [4.69, 9.17) is 12.2 Å². The van der Waals surface area contributed by atoms with Crippen molar-refractivity contribution in [2.45, 2.75) is 33.1 Å². The lowest BCUT2D eigenvalue weighted by molar-refractivity contribution is 0.0977. The van der Waals surface area contributed by atoms with Gasteiger partial charge in [-0.1, -0.05) is 25.1 Å². The summed E-state index contributed by atoms with van der Waals surface area (Å²) in [6.45, 7) is 4.11. The number of amides is 1. The van der Waals surface area contributed by atoms with Crippen molar-refractivity contribution in [3.8, 4) is 6.07 Å². The maximum Gasteiger partial charge on any atom is 0.257 e. The minimum absolute atomic E-state index is 0.219. The summed E-state index contributed by atoms with van der Waals surface area (Å²) in [5.41, 5.74) is 3.29. The highest BCUT2D eigenvalue weighted by Crippen LogP contribution is 2.39. The largest absolute Gasteiger partial charge is 0.323 e. The molecule has 3 rings (SSSR count). The average molecular weight is 370 g/mol. The first kappa shape index (κ1) is 17.6. The van der Waals surface area contributed by atoms with Crippen LogP contribution in [0.5, 0.6) is 0 Å². The van der Waals surface area contributed by atoms with Crippen LogP contribution in [0.15, 0.2) is 24.3 Å². The lowest BCUT2D eigenvalue weighted by atomic mass is 9.89. The van der Waals surface area contributed by atoms with Gasteiger partial charge in [-0.3, -0.25) is 10.1 Å². The van der Waals surface area contributed by atoms with Crippen LogP contribution in [-0.4, -0.2) is 11.0 Å². The zero-order chi connectivity index (χ0) is 18.0. The molecular weight excluding hydrogens is 350 g/mol. The van der Waals surface area contributed by atoms with E-state index in [0.717, 1.165) is 35.4 Å². The minimum Gasteiger partial charge on any atom is -0.323 e. The average Bonchev–Trinajstić information content (AvgIpc) is 2.90. The van der Waals surface area contributed by atoms with Gasteiger partial charge in [-0.05, 0) is 61.5 Å². The fraction of sp³-hybridized carbons (Fsp3) is 0.316. The maximum atomic E-state index is 12.4. The number of hydrogen-bond acceptors (Lipinski definition) is 4. The first-order valence-corrected chi connectivity index (χ1v) is 9.44. The van der Waals surface area contributed by atoms with Crippen LogP contribution in [-0.2, 0) is 12.8 Å². The molecule has 1 atom stereocenters. The Morgan fingerprint density at radius 2 is 2.16 bits per heavy atom. The van der Waals surface area contributed by atoms with Crippen molar-refractivity contribution in [2.75, 3.05) is 5.32 Å². The highest BCUT2D eigenvalue weighted by atomic mass is 32.1. The van der Waals surface area contributed by atoms with Gasteiger partial charge in [0, 0.05) is 10.4 Å². The Labute approximate surface area is 156 Å². The molecule has 1 aromatic heterocycles. The predicted octanol–water partition coefficient (Wildman–Crippen LogP) is 4.18. The van der Waals surface area contributed by atoms with E-state index >= 15 is 0 Å². The van der Waals surface area contributed by atoms with Gasteiger partial charge in [-0.25, -0.2) is 0 Å². The molecule has 6 heteroatoms. The van der Waals surface area contributed by atoms with Crippen molar-refractivity contribution in [3.63, 3.8) is 0 Å². The summed E-state index contributed by atoms with van der Waals surface area (Å²) in [4.78, 5) is 13.6. The van der Waals surface area contributed by atoms with Crippen LogP contribution in [0.3, 0.4) is 0 Å². The van der Waals surface area contributed by atoms with E-state index in [-0.39, 0.29) is 11.0 Å². The van der Waals surface area contributed by atoms with Gasteiger partial charge in [0.15, 0.2) is 5.11 Å².